The zero-order valence-corrected chi connectivity index (χ0v) is 18.4. The molecule has 0 atom stereocenters. The Morgan fingerprint density at radius 3 is 2.48 bits per heavy atom. The van der Waals surface area contributed by atoms with E-state index in [-0.39, 0.29) is 10.5 Å². The molecule has 1 N–H and O–H groups in total. The molecule has 1 amide bonds. The minimum atomic E-state index is -3.74. The lowest BCUT2D eigenvalue weighted by atomic mass is 10.1. The van der Waals surface area contributed by atoms with E-state index in [2.05, 4.69) is 10.3 Å². The van der Waals surface area contributed by atoms with Crippen LogP contribution < -0.4 is 5.32 Å². The van der Waals surface area contributed by atoms with E-state index in [1.54, 1.807) is 30.3 Å². The highest BCUT2D eigenvalue weighted by molar-refractivity contribution is 7.89. The van der Waals surface area contributed by atoms with Crippen molar-refractivity contribution >= 4 is 21.6 Å². The number of rotatable bonds is 5. The number of sulfonamides is 1. The van der Waals surface area contributed by atoms with E-state index in [1.807, 2.05) is 19.9 Å². The Hall–Kier alpha value is -2.97. The molecule has 31 heavy (non-hydrogen) atoms. The van der Waals surface area contributed by atoms with Crippen LogP contribution in [0.2, 0.25) is 0 Å². The van der Waals surface area contributed by atoms with Crippen LogP contribution in [0.3, 0.4) is 0 Å². The summed E-state index contributed by atoms with van der Waals surface area (Å²) in [5, 5.41) is 2.81. The number of amides is 1. The van der Waals surface area contributed by atoms with Gasteiger partial charge in [-0.2, -0.15) is 4.31 Å². The van der Waals surface area contributed by atoms with Gasteiger partial charge >= 0.3 is 0 Å². The molecule has 1 saturated heterocycles. The van der Waals surface area contributed by atoms with Gasteiger partial charge in [-0.05, 0) is 57.0 Å². The van der Waals surface area contributed by atoms with Crippen molar-refractivity contribution in [3.05, 3.63) is 65.5 Å². The van der Waals surface area contributed by atoms with Crippen molar-refractivity contribution < 1.29 is 17.6 Å². The molecule has 2 heterocycles. The van der Waals surface area contributed by atoms with E-state index in [0.717, 1.165) is 36.3 Å². The van der Waals surface area contributed by atoms with Gasteiger partial charge in [-0.1, -0.05) is 24.6 Å². The summed E-state index contributed by atoms with van der Waals surface area (Å²) in [6, 6.07) is 13.5. The molecule has 8 heteroatoms. The molecule has 0 aliphatic carbocycles. The number of carbonyl (C=O) groups excluding carboxylic acids is 1. The lowest BCUT2D eigenvalue weighted by molar-refractivity contribution is 0.102. The second-order valence-corrected chi connectivity index (χ2v) is 9.56. The summed E-state index contributed by atoms with van der Waals surface area (Å²) < 4.78 is 33.5. The molecule has 4 rings (SSSR count). The molecule has 1 aliphatic rings. The van der Waals surface area contributed by atoms with Crippen LogP contribution in [0, 0.1) is 13.8 Å². The first kappa shape index (κ1) is 21.3. The maximum Gasteiger partial charge on any atom is 0.257 e. The summed E-state index contributed by atoms with van der Waals surface area (Å²) in [5.41, 5.74) is 2.19. The van der Waals surface area contributed by atoms with Gasteiger partial charge in [0.25, 0.3) is 5.91 Å². The predicted molar refractivity (Wildman–Crippen MR) is 118 cm³/mol. The van der Waals surface area contributed by atoms with Gasteiger partial charge in [0.1, 0.15) is 5.76 Å². The molecule has 162 valence electrons. The predicted octanol–water partition coefficient (Wildman–Crippen LogP) is 4.39. The Labute approximate surface area is 182 Å². The van der Waals surface area contributed by atoms with E-state index >= 15 is 0 Å². The fourth-order valence-corrected chi connectivity index (χ4v) is 5.35. The number of nitrogens with zero attached hydrogens (tertiary/aromatic N) is 2. The Kier molecular flexibility index (Phi) is 5.93. The molecule has 0 unspecified atom stereocenters. The zero-order chi connectivity index (χ0) is 22.0. The fourth-order valence-electron chi connectivity index (χ4n) is 3.65. The van der Waals surface area contributed by atoms with E-state index in [9.17, 15) is 13.2 Å². The molecular formula is C23H25N3O4S. The summed E-state index contributed by atoms with van der Waals surface area (Å²) in [6.45, 7) is 4.68. The van der Waals surface area contributed by atoms with Crippen molar-refractivity contribution in [3.8, 4) is 11.5 Å². The van der Waals surface area contributed by atoms with Gasteiger partial charge < -0.3 is 9.73 Å². The maximum atomic E-state index is 13.2. The Morgan fingerprint density at radius 1 is 1.03 bits per heavy atom. The summed E-state index contributed by atoms with van der Waals surface area (Å²) in [4.78, 5) is 17.5. The highest BCUT2D eigenvalue weighted by atomic mass is 32.2. The van der Waals surface area contributed by atoms with Gasteiger partial charge in [0, 0.05) is 24.3 Å². The topological polar surface area (TPSA) is 92.5 Å². The largest absolute Gasteiger partial charge is 0.441 e. The molecular weight excluding hydrogens is 414 g/mol. The second-order valence-electron chi connectivity index (χ2n) is 7.66. The van der Waals surface area contributed by atoms with E-state index in [0.29, 0.717) is 24.7 Å². The highest BCUT2D eigenvalue weighted by Gasteiger charge is 2.29. The molecule has 2 aromatic carbocycles. The number of piperidine rings is 1. The van der Waals surface area contributed by atoms with Gasteiger partial charge in [-0.25, -0.2) is 13.4 Å². The van der Waals surface area contributed by atoms with Crippen LogP contribution in [-0.2, 0) is 10.0 Å². The van der Waals surface area contributed by atoms with Gasteiger partial charge in [-0.3, -0.25) is 4.79 Å². The number of aryl methyl sites for hydroxylation is 2. The Morgan fingerprint density at radius 2 is 1.77 bits per heavy atom. The summed E-state index contributed by atoms with van der Waals surface area (Å²) >= 11 is 0. The SMILES string of the molecule is Cc1nc(-c2cccc(NC(=O)c3ccccc3S(=O)(=O)N3CCCCC3)c2)oc1C. The third-order valence-electron chi connectivity index (χ3n) is 5.46. The van der Waals surface area contributed by atoms with Crippen molar-refractivity contribution in [1.29, 1.82) is 0 Å². The van der Waals surface area contributed by atoms with E-state index < -0.39 is 15.9 Å². The van der Waals surface area contributed by atoms with Crippen LogP contribution in [-0.4, -0.2) is 36.7 Å². The van der Waals surface area contributed by atoms with Crippen molar-refractivity contribution in [2.45, 2.75) is 38.0 Å². The number of hydrogen-bond acceptors (Lipinski definition) is 5. The van der Waals surface area contributed by atoms with Crippen LogP contribution in [0.25, 0.3) is 11.5 Å². The van der Waals surface area contributed by atoms with Crippen LogP contribution in [0.4, 0.5) is 5.69 Å². The minimum Gasteiger partial charge on any atom is -0.441 e. The molecule has 1 aromatic heterocycles. The zero-order valence-electron chi connectivity index (χ0n) is 17.6. The lowest BCUT2D eigenvalue weighted by Gasteiger charge is -2.26. The molecule has 0 spiro atoms. The second kappa shape index (κ2) is 8.64. The standard InChI is InChI=1S/C23H25N3O4S/c1-16-17(2)30-23(24-16)18-9-8-10-19(15-18)25-22(27)20-11-4-5-12-21(20)31(28,29)26-13-6-3-7-14-26/h4-5,8-12,15H,3,6-7,13-14H2,1-2H3,(H,25,27). The maximum absolute atomic E-state index is 13.2. The molecule has 1 fully saturated rings. The fraction of sp³-hybridized carbons (Fsp3) is 0.304. The molecule has 3 aromatic rings. The molecule has 1 aliphatic heterocycles. The minimum absolute atomic E-state index is 0.0319. The van der Waals surface area contributed by atoms with E-state index in [1.165, 1.54) is 16.4 Å². The normalized spacial score (nSPS) is 15.0. The smallest absolute Gasteiger partial charge is 0.257 e. The molecule has 0 radical (unpaired) electrons. The number of carbonyl (C=O) groups is 1. The number of aromatic nitrogens is 1. The van der Waals surface area contributed by atoms with Crippen LogP contribution in [0.15, 0.2) is 57.8 Å². The molecule has 0 bridgehead atoms. The summed E-state index contributed by atoms with van der Waals surface area (Å²) in [6.07, 6.45) is 2.69. The van der Waals surface area contributed by atoms with Crippen molar-refractivity contribution in [2.75, 3.05) is 18.4 Å². The average Bonchev–Trinajstić information content (AvgIpc) is 3.13. The number of nitrogens with one attached hydrogen (secondary N) is 1. The Bertz CT molecular complexity index is 1190. The number of hydrogen-bond donors (Lipinski definition) is 1. The van der Waals surface area contributed by atoms with Gasteiger partial charge in [-0.15, -0.1) is 0 Å². The van der Waals surface area contributed by atoms with Gasteiger partial charge in [0.05, 0.1) is 16.2 Å². The molecule has 7 nitrogen and oxygen atoms in total. The average molecular weight is 440 g/mol. The third-order valence-corrected chi connectivity index (χ3v) is 7.42. The van der Waals surface area contributed by atoms with Gasteiger partial charge in [0.2, 0.25) is 15.9 Å². The number of anilines is 1. The number of oxazole rings is 1. The van der Waals surface area contributed by atoms with Crippen LogP contribution in [0.1, 0.15) is 41.1 Å². The third kappa shape index (κ3) is 4.40. The quantitative estimate of drug-likeness (QED) is 0.637. The summed E-state index contributed by atoms with van der Waals surface area (Å²) in [7, 11) is -3.74. The first-order valence-corrected chi connectivity index (χ1v) is 11.8. The van der Waals surface area contributed by atoms with Gasteiger partial charge in [0.15, 0.2) is 0 Å². The summed E-state index contributed by atoms with van der Waals surface area (Å²) in [5.74, 6) is 0.730. The lowest BCUT2D eigenvalue weighted by Crippen LogP contribution is -2.36. The van der Waals surface area contributed by atoms with Crippen molar-refractivity contribution in [3.63, 3.8) is 0 Å². The van der Waals surface area contributed by atoms with Crippen LogP contribution in [0.5, 0.6) is 0 Å². The van der Waals surface area contributed by atoms with Crippen molar-refractivity contribution in [2.24, 2.45) is 0 Å². The number of benzene rings is 2. The van der Waals surface area contributed by atoms with E-state index in [4.69, 9.17) is 4.42 Å². The van der Waals surface area contributed by atoms with Crippen LogP contribution >= 0.6 is 0 Å². The first-order valence-electron chi connectivity index (χ1n) is 10.3. The monoisotopic (exact) mass is 439 g/mol. The Balaban J connectivity index is 1.61. The highest BCUT2D eigenvalue weighted by Crippen LogP contribution is 2.26. The molecule has 0 saturated carbocycles. The first-order chi connectivity index (χ1) is 14.9. The van der Waals surface area contributed by atoms with Crippen molar-refractivity contribution in [1.82, 2.24) is 9.29 Å².